The molecule has 6 nitrogen and oxygen atoms in total. The van der Waals surface area contributed by atoms with Gasteiger partial charge in [0, 0.05) is 17.8 Å². The van der Waals surface area contributed by atoms with Crippen LogP contribution in [-0.2, 0) is 0 Å². The second-order valence-corrected chi connectivity index (χ2v) is 7.53. The summed E-state index contributed by atoms with van der Waals surface area (Å²) in [5, 5.41) is 9.35. The largest absolute Gasteiger partial charge is 0.398 e. The normalized spacial score (nSPS) is 14.9. The first kappa shape index (κ1) is 18.2. The number of benzene rings is 2. The van der Waals surface area contributed by atoms with Crippen LogP contribution in [0, 0.1) is 5.92 Å². The van der Waals surface area contributed by atoms with Gasteiger partial charge in [0.05, 0.1) is 16.6 Å². The van der Waals surface area contributed by atoms with Crippen LogP contribution in [0.3, 0.4) is 0 Å². The molecule has 0 atom stereocenters. The number of H-pyrrole nitrogens is 1. The van der Waals surface area contributed by atoms with E-state index in [2.05, 4.69) is 15.3 Å². The van der Waals surface area contributed by atoms with Gasteiger partial charge in [-0.2, -0.15) is 0 Å². The second-order valence-electron chi connectivity index (χ2n) is 7.53. The third-order valence-electron chi connectivity index (χ3n) is 5.53. The predicted molar refractivity (Wildman–Crippen MR) is 111 cm³/mol. The summed E-state index contributed by atoms with van der Waals surface area (Å²) in [5.74, 6) is 1.10. The molecule has 0 radical (unpaired) electrons. The van der Waals surface area contributed by atoms with Crippen LogP contribution in [0.25, 0.3) is 11.0 Å². The molecule has 2 aromatic carbocycles. The number of hydrogen-bond donors (Lipinski definition) is 4. The Bertz CT molecular complexity index is 1020. The summed E-state index contributed by atoms with van der Waals surface area (Å²) in [6.07, 6.45) is 6.28. The first-order valence-electron chi connectivity index (χ1n) is 9.87. The maximum atomic E-state index is 12.5. The Morgan fingerprint density at radius 3 is 2.75 bits per heavy atom. The van der Waals surface area contributed by atoms with Crippen molar-refractivity contribution in [2.75, 3.05) is 12.3 Å². The smallest absolute Gasteiger partial charge is 0.251 e. The molecule has 3 aromatic rings. The maximum Gasteiger partial charge on any atom is 0.251 e. The second kappa shape index (κ2) is 7.84. The number of rotatable bonds is 5. The molecule has 28 heavy (non-hydrogen) atoms. The number of carbonyl (C=O) groups excluding carboxylic acids is 1. The molecule has 1 aliphatic rings. The molecule has 6 heteroatoms. The van der Waals surface area contributed by atoms with E-state index < -0.39 is 0 Å². The lowest BCUT2D eigenvalue weighted by Gasteiger charge is -2.21. The van der Waals surface area contributed by atoms with E-state index in [1.807, 2.05) is 30.3 Å². The number of nitrogens with one attached hydrogen (secondary N) is 2. The Balaban J connectivity index is 1.50. The number of nitrogen functional groups attached to an aromatic ring is 1. The number of imidazole rings is 1. The van der Waals surface area contributed by atoms with Gasteiger partial charge in [0.15, 0.2) is 0 Å². The summed E-state index contributed by atoms with van der Waals surface area (Å²) in [6.45, 7) is 0.749. The monoisotopic (exact) mass is 376 g/mol. The Morgan fingerprint density at radius 2 is 1.96 bits per heavy atom. The Morgan fingerprint density at radius 1 is 1.18 bits per heavy atom. The van der Waals surface area contributed by atoms with Gasteiger partial charge in [0.25, 0.3) is 5.91 Å². The quantitative estimate of drug-likeness (QED) is 0.404. The van der Waals surface area contributed by atoms with Crippen LogP contribution in [-0.4, -0.2) is 28.1 Å². The zero-order valence-electron chi connectivity index (χ0n) is 15.9. The van der Waals surface area contributed by atoms with Gasteiger partial charge in [-0.1, -0.05) is 31.4 Å². The number of nitrogens with two attached hydrogens (primary N) is 2. The van der Waals surface area contributed by atoms with Gasteiger partial charge < -0.3 is 16.0 Å². The Kier molecular flexibility index (Phi) is 5.10. The van der Waals surface area contributed by atoms with Crippen molar-refractivity contribution in [2.24, 2.45) is 5.92 Å². The standard InChI is InChI=1S/C22H25N5O/c23-17-9-5-4-8-16(17)20(24)21-26-18-11-10-15(12-19(18)27-21)22(28)25-13-14-6-2-1-3-7-14/h4-5,8-12,14,24H,1-3,6-7,13,23H2,(H,25,28)(H,26,27)/p+1. The van der Waals surface area contributed by atoms with E-state index in [4.69, 9.17) is 11.1 Å². The fraction of sp³-hybridized carbons (Fsp3) is 0.318. The molecule has 0 spiro atoms. The summed E-state index contributed by atoms with van der Waals surface area (Å²) in [4.78, 5) is 20.3. The molecule has 1 fully saturated rings. The molecule has 1 amide bonds. The number of nitrogens with zero attached hydrogens (tertiary/aromatic N) is 1. The van der Waals surface area contributed by atoms with Crippen molar-refractivity contribution >= 4 is 28.3 Å². The first-order valence-corrected chi connectivity index (χ1v) is 9.87. The van der Waals surface area contributed by atoms with Crippen molar-refractivity contribution < 1.29 is 10.2 Å². The van der Waals surface area contributed by atoms with Gasteiger partial charge in [-0.25, -0.2) is 4.98 Å². The van der Waals surface area contributed by atoms with Crippen LogP contribution in [0.15, 0.2) is 42.5 Å². The molecule has 1 saturated carbocycles. The van der Waals surface area contributed by atoms with Crippen LogP contribution in [0.5, 0.6) is 0 Å². The average molecular weight is 376 g/mol. The van der Waals surface area contributed by atoms with E-state index in [9.17, 15) is 4.79 Å². The summed E-state index contributed by atoms with van der Waals surface area (Å²) in [6, 6.07) is 12.9. The highest BCUT2D eigenvalue weighted by molar-refractivity contribution is 6.11. The Labute approximate surface area is 164 Å². The van der Waals surface area contributed by atoms with Crippen molar-refractivity contribution in [3.05, 3.63) is 59.4 Å². The molecule has 1 heterocycles. The summed E-state index contributed by atoms with van der Waals surface area (Å²) in [5.41, 5.74) is 10.0. The minimum atomic E-state index is -0.0483. The van der Waals surface area contributed by atoms with Gasteiger partial charge >= 0.3 is 0 Å². The maximum absolute atomic E-state index is 12.5. The number of aromatic nitrogens is 2. The van der Waals surface area contributed by atoms with Crippen LogP contribution in [0.1, 0.15) is 53.8 Å². The minimum absolute atomic E-state index is 0.0483. The van der Waals surface area contributed by atoms with Crippen LogP contribution < -0.4 is 16.5 Å². The molecule has 1 aliphatic carbocycles. The van der Waals surface area contributed by atoms with E-state index in [1.165, 1.54) is 32.1 Å². The highest BCUT2D eigenvalue weighted by Crippen LogP contribution is 2.23. The number of hydrogen-bond acceptors (Lipinski definition) is 3. The van der Waals surface area contributed by atoms with Crippen molar-refractivity contribution in [3.8, 4) is 0 Å². The topological polar surface area (TPSA) is 109 Å². The summed E-state index contributed by atoms with van der Waals surface area (Å²) >= 11 is 0. The van der Waals surface area contributed by atoms with E-state index in [1.54, 1.807) is 12.1 Å². The van der Waals surface area contributed by atoms with Gasteiger partial charge in [-0.05, 0) is 49.1 Å². The van der Waals surface area contributed by atoms with Gasteiger partial charge in [0.2, 0.25) is 11.5 Å². The zero-order chi connectivity index (χ0) is 19.5. The predicted octanol–water partition coefficient (Wildman–Crippen LogP) is 2.05. The molecule has 1 aromatic heterocycles. The summed E-state index contributed by atoms with van der Waals surface area (Å²) in [7, 11) is 0. The molecule has 0 saturated heterocycles. The molecule has 0 aliphatic heterocycles. The van der Waals surface area contributed by atoms with Gasteiger partial charge in [0.1, 0.15) is 0 Å². The number of anilines is 1. The van der Waals surface area contributed by atoms with E-state index in [-0.39, 0.29) is 5.91 Å². The lowest BCUT2D eigenvalue weighted by molar-refractivity contribution is -0.112. The number of para-hydroxylation sites is 1. The van der Waals surface area contributed by atoms with Crippen LogP contribution >= 0.6 is 0 Å². The van der Waals surface area contributed by atoms with Crippen molar-refractivity contribution in [1.29, 1.82) is 0 Å². The first-order chi connectivity index (χ1) is 13.6. The minimum Gasteiger partial charge on any atom is -0.398 e. The van der Waals surface area contributed by atoms with E-state index in [0.717, 1.165) is 23.1 Å². The molecule has 144 valence electrons. The molecular formula is C22H26N5O+. The fourth-order valence-corrected chi connectivity index (χ4v) is 3.88. The number of carbonyl (C=O) groups is 1. The SMILES string of the molecule is Nc1ccccc1C(=[NH2+])c1nc2ccc(C(=O)NCC3CCCCC3)cc2[nH]1. The van der Waals surface area contributed by atoms with Crippen molar-refractivity contribution in [2.45, 2.75) is 32.1 Å². The lowest BCUT2D eigenvalue weighted by Crippen LogP contribution is -2.42. The molecule has 0 unspecified atom stereocenters. The highest BCUT2D eigenvalue weighted by atomic mass is 16.1. The Hall–Kier alpha value is -3.15. The number of aromatic amines is 1. The molecular weight excluding hydrogens is 350 g/mol. The molecule has 0 bridgehead atoms. The fourth-order valence-electron chi connectivity index (χ4n) is 3.88. The highest BCUT2D eigenvalue weighted by Gasteiger charge is 2.19. The van der Waals surface area contributed by atoms with Crippen LogP contribution in [0.4, 0.5) is 5.69 Å². The van der Waals surface area contributed by atoms with Crippen molar-refractivity contribution in [3.63, 3.8) is 0 Å². The molecule has 4 rings (SSSR count). The lowest BCUT2D eigenvalue weighted by atomic mass is 9.89. The van der Waals surface area contributed by atoms with Crippen LogP contribution in [0.2, 0.25) is 0 Å². The van der Waals surface area contributed by atoms with Gasteiger partial charge in [-0.15, -0.1) is 0 Å². The third-order valence-corrected chi connectivity index (χ3v) is 5.53. The van der Waals surface area contributed by atoms with Crippen molar-refractivity contribution in [1.82, 2.24) is 15.3 Å². The number of amides is 1. The average Bonchev–Trinajstić information content (AvgIpc) is 3.16. The van der Waals surface area contributed by atoms with E-state index in [0.29, 0.717) is 28.7 Å². The summed E-state index contributed by atoms with van der Waals surface area (Å²) < 4.78 is 0. The van der Waals surface area contributed by atoms with E-state index >= 15 is 0 Å². The number of fused-ring (bicyclic) bond motifs is 1. The zero-order valence-corrected chi connectivity index (χ0v) is 15.9. The molecule has 6 N–H and O–H groups in total. The van der Waals surface area contributed by atoms with Gasteiger partial charge in [-0.3, -0.25) is 10.2 Å². The third kappa shape index (κ3) is 3.76.